The van der Waals surface area contributed by atoms with Gasteiger partial charge in [-0.1, -0.05) is 29.8 Å². The Balaban J connectivity index is 1.80. The van der Waals surface area contributed by atoms with Crippen molar-refractivity contribution in [2.45, 2.75) is 0 Å². The van der Waals surface area contributed by atoms with Crippen LogP contribution in [0.3, 0.4) is 0 Å². The molecule has 4 rings (SSSR count). The molecule has 2 heterocycles. The highest BCUT2D eigenvalue weighted by Gasteiger charge is 2.23. The molecule has 4 nitrogen and oxygen atoms in total. The number of hydrogen-bond acceptors (Lipinski definition) is 4. The molecule has 0 unspecified atom stereocenters. The van der Waals surface area contributed by atoms with Gasteiger partial charge in [-0.3, -0.25) is 9.59 Å². The van der Waals surface area contributed by atoms with Crippen molar-refractivity contribution in [1.29, 1.82) is 0 Å². The number of fused-ring (bicyclic) bond motifs is 1. The number of amides is 1. The van der Waals surface area contributed by atoms with Crippen LogP contribution < -0.4 is 5.32 Å². The minimum absolute atomic E-state index is 0.0958. The van der Waals surface area contributed by atoms with Crippen LogP contribution in [0.2, 0.25) is 5.02 Å². The van der Waals surface area contributed by atoms with E-state index in [-0.39, 0.29) is 17.5 Å². The summed E-state index contributed by atoms with van der Waals surface area (Å²) in [6.45, 7) is 0. The van der Waals surface area contributed by atoms with Gasteiger partial charge in [0.2, 0.25) is 5.78 Å². The fourth-order valence-electron chi connectivity index (χ4n) is 2.64. The molecule has 0 aliphatic heterocycles. The van der Waals surface area contributed by atoms with Crippen LogP contribution in [-0.2, 0) is 0 Å². The molecule has 0 radical (unpaired) electrons. The van der Waals surface area contributed by atoms with E-state index in [1.54, 1.807) is 42.5 Å². The Labute approximate surface area is 158 Å². The fourth-order valence-corrected chi connectivity index (χ4v) is 3.39. The van der Waals surface area contributed by atoms with Gasteiger partial charge in [0.1, 0.15) is 5.58 Å². The van der Waals surface area contributed by atoms with Crippen LogP contribution in [-0.4, -0.2) is 11.7 Å². The molecular weight excluding hydrogens is 370 g/mol. The third-order valence-electron chi connectivity index (χ3n) is 3.89. The molecule has 4 aromatic rings. The van der Waals surface area contributed by atoms with E-state index in [9.17, 15) is 9.59 Å². The molecule has 2 aromatic carbocycles. The van der Waals surface area contributed by atoms with Crippen LogP contribution in [0.15, 0.2) is 70.5 Å². The van der Waals surface area contributed by atoms with Crippen molar-refractivity contribution in [3.63, 3.8) is 0 Å². The van der Waals surface area contributed by atoms with Crippen LogP contribution in [0.4, 0.5) is 5.69 Å². The lowest BCUT2D eigenvalue weighted by molar-refractivity contribution is 0.101. The monoisotopic (exact) mass is 381 g/mol. The van der Waals surface area contributed by atoms with E-state index in [1.165, 1.54) is 11.3 Å². The summed E-state index contributed by atoms with van der Waals surface area (Å²) < 4.78 is 5.77. The standard InChI is InChI=1S/C20H12ClNO3S/c21-13-9-7-12(8-10-13)18(23)19-17(14-4-1-2-5-15(14)25-19)22-20(24)16-6-3-11-26-16/h1-11H,(H,22,24). The van der Waals surface area contributed by atoms with Gasteiger partial charge in [0, 0.05) is 16.0 Å². The maximum Gasteiger partial charge on any atom is 0.265 e. The number of carbonyl (C=O) groups is 2. The molecule has 2 aromatic heterocycles. The molecule has 1 N–H and O–H groups in total. The summed E-state index contributed by atoms with van der Waals surface area (Å²) in [4.78, 5) is 26.0. The molecule has 0 spiro atoms. The third-order valence-corrected chi connectivity index (χ3v) is 5.01. The van der Waals surface area contributed by atoms with Crippen molar-refractivity contribution >= 4 is 51.3 Å². The number of hydrogen-bond donors (Lipinski definition) is 1. The second kappa shape index (κ2) is 6.78. The maximum atomic E-state index is 12.9. The number of furan rings is 1. The second-order valence-electron chi connectivity index (χ2n) is 5.57. The highest BCUT2D eigenvalue weighted by Crippen LogP contribution is 2.33. The van der Waals surface area contributed by atoms with Crippen LogP contribution >= 0.6 is 22.9 Å². The van der Waals surface area contributed by atoms with Gasteiger partial charge in [-0.25, -0.2) is 0 Å². The fraction of sp³-hybridized carbons (Fsp3) is 0. The highest BCUT2D eigenvalue weighted by atomic mass is 35.5. The van der Waals surface area contributed by atoms with E-state index in [4.69, 9.17) is 16.0 Å². The van der Waals surface area contributed by atoms with Crippen molar-refractivity contribution in [2.75, 3.05) is 5.32 Å². The predicted octanol–water partition coefficient (Wildman–Crippen LogP) is 5.63. The Bertz CT molecular complexity index is 1100. The highest BCUT2D eigenvalue weighted by molar-refractivity contribution is 7.12. The van der Waals surface area contributed by atoms with Crippen molar-refractivity contribution in [3.8, 4) is 0 Å². The van der Waals surface area contributed by atoms with Crippen LogP contribution in [0.25, 0.3) is 11.0 Å². The Kier molecular flexibility index (Phi) is 4.32. The molecule has 128 valence electrons. The summed E-state index contributed by atoms with van der Waals surface area (Å²) in [5, 5.41) is 5.87. The first kappa shape index (κ1) is 16.6. The molecule has 0 fully saturated rings. The third kappa shape index (κ3) is 3.03. The van der Waals surface area contributed by atoms with E-state index in [0.29, 0.717) is 32.1 Å². The molecule has 0 aliphatic rings. The first-order chi connectivity index (χ1) is 12.6. The van der Waals surface area contributed by atoms with Crippen molar-refractivity contribution < 1.29 is 14.0 Å². The molecule has 0 bridgehead atoms. The molecule has 0 aliphatic carbocycles. The number of halogens is 1. The van der Waals surface area contributed by atoms with E-state index in [0.717, 1.165) is 0 Å². The number of thiophene rings is 1. The van der Waals surface area contributed by atoms with Gasteiger partial charge in [-0.05, 0) is 47.8 Å². The molecule has 0 saturated heterocycles. The Morgan fingerprint density at radius 2 is 1.73 bits per heavy atom. The number of benzene rings is 2. The summed E-state index contributed by atoms with van der Waals surface area (Å²) in [7, 11) is 0. The molecule has 0 atom stereocenters. The average molecular weight is 382 g/mol. The summed E-state index contributed by atoms with van der Waals surface area (Å²) in [6.07, 6.45) is 0. The zero-order valence-electron chi connectivity index (χ0n) is 13.4. The summed E-state index contributed by atoms with van der Waals surface area (Å²) >= 11 is 7.22. The maximum absolute atomic E-state index is 12.9. The molecule has 1 amide bonds. The first-order valence-corrected chi connectivity index (χ1v) is 9.06. The number of anilines is 1. The summed E-state index contributed by atoms with van der Waals surface area (Å²) in [5.74, 6) is -0.505. The smallest absolute Gasteiger partial charge is 0.265 e. The van der Waals surface area contributed by atoms with Crippen molar-refractivity contribution in [1.82, 2.24) is 0 Å². The predicted molar refractivity (Wildman–Crippen MR) is 103 cm³/mol. The van der Waals surface area contributed by atoms with E-state index in [2.05, 4.69) is 5.32 Å². The summed E-state index contributed by atoms with van der Waals surface area (Å²) in [5.41, 5.74) is 1.34. The Morgan fingerprint density at radius 1 is 0.962 bits per heavy atom. The lowest BCUT2D eigenvalue weighted by atomic mass is 10.1. The van der Waals surface area contributed by atoms with Gasteiger partial charge in [0.15, 0.2) is 5.76 Å². The molecule has 26 heavy (non-hydrogen) atoms. The average Bonchev–Trinajstić information content (AvgIpc) is 3.30. The number of carbonyl (C=O) groups excluding carboxylic acids is 2. The lowest BCUT2D eigenvalue weighted by Gasteiger charge is -2.05. The van der Waals surface area contributed by atoms with Gasteiger partial charge < -0.3 is 9.73 Å². The molecule has 0 saturated carbocycles. The quantitative estimate of drug-likeness (QED) is 0.466. The minimum atomic E-state index is -0.320. The van der Waals surface area contributed by atoms with Crippen molar-refractivity contribution in [2.24, 2.45) is 0 Å². The summed E-state index contributed by atoms with van der Waals surface area (Å²) in [6, 6.07) is 17.3. The number of ketones is 1. The minimum Gasteiger partial charge on any atom is -0.450 e. The van der Waals surface area contributed by atoms with Gasteiger partial charge in [0.25, 0.3) is 5.91 Å². The van der Waals surface area contributed by atoms with Crippen molar-refractivity contribution in [3.05, 3.63) is 87.3 Å². The Hall–Kier alpha value is -2.89. The number of nitrogens with one attached hydrogen (secondary N) is 1. The largest absolute Gasteiger partial charge is 0.450 e. The Morgan fingerprint density at radius 3 is 2.46 bits per heavy atom. The zero-order chi connectivity index (χ0) is 18.1. The van der Waals surface area contributed by atoms with Gasteiger partial charge >= 0.3 is 0 Å². The van der Waals surface area contributed by atoms with Crippen LogP contribution in [0.1, 0.15) is 25.8 Å². The SMILES string of the molecule is O=C(Nc1c(C(=O)c2ccc(Cl)cc2)oc2ccccc12)c1cccs1. The van der Waals surface area contributed by atoms with E-state index >= 15 is 0 Å². The normalized spacial score (nSPS) is 10.8. The van der Waals surface area contributed by atoms with Crippen LogP contribution in [0.5, 0.6) is 0 Å². The topological polar surface area (TPSA) is 59.3 Å². The lowest BCUT2D eigenvalue weighted by Crippen LogP contribution is -2.13. The second-order valence-corrected chi connectivity index (χ2v) is 6.95. The van der Waals surface area contributed by atoms with Crippen LogP contribution in [0, 0.1) is 0 Å². The molecular formula is C20H12ClNO3S. The number of para-hydroxylation sites is 1. The molecule has 6 heteroatoms. The van der Waals surface area contributed by atoms with Gasteiger partial charge in [0.05, 0.1) is 10.6 Å². The number of rotatable bonds is 4. The van der Waals surface area contributed by atoms with E-state index in [1.807, 2.05) is 23.6 Å². The van der Waals surface area contributed by atoms with E-state index < -0.39 is 0 Å². The first-order valence-electron chi connectivity index (χ1n) is 7.80. The zero-order valence-corrected chi connectivity index (χ0v) is 14.9. The van der Waals surface area contributed by atoms with Gasteiger partial charge in [-0.15, -0.1) is 11.3 Å². The van der Waals surface area contributed by atoms with Gasteiger partial charge in [-0.2, -0.15) is 0 Å².